The molecule has 3 N–H and O–H groups in total. The SMILES string of the molecule is Cc1cc(Br)c(C)c(O)c1C(N)=O. The predicted octanol–water partition coefficient (Wildman–Crippen LogP) is 1.87. The summed E-state index contributed by atoms with van der Waals surface area (Å²) < 4.78 is 0.771. The molecule has 0 fully saturated rings. The van der Waals surface area contributed by atoms with E-state index in [1.807, 2.05) is 0 Å². The van der Waals surface area contributed by atoms with Gasteiger partial charge in [-0.2, -0.15) is 0 Å². The minimum Gasteiger partial charge on any atom is -0.507 e. The Morgan fingerprint density at radius 1 is 1.54 bits per heavy atom. The average Bonchev–Trinajstić information content (AvgIpc) is 1.99. The molecule has 70 valence electrons. The summed E-state index contributed by atoms with van der Waals surface area (Å²) in [5.41, 5.74) is 6.61. The number of hydrogen-bond donors (Lipinski definition) is 2. The molecule has 0 aliphatic rings. The van der Waals surface area contributed by atoms with E-state index in [0.717, 1.165) is 4.47 Å². The zero-order valence-corrected chi connectivity index (χ0v) is 8.97. The maximum absolute atomic E-state index is 11.0. The number of hydrogen-bond acceptors (Lipinski definition) is 2. The van der Waals surface area contributed by atoms with Crippen LogP contribution < -0.4 is 5.73 Å². The largest absolute Gasteiger partial charge is 0.507 e. The third-order valence-electron chi connectivity index (χ3n) is 1.93. The molecule has 0 unspecified atom stereocenters. The monoisotopic (exact) mass is 243 g/mol. The van der Waals surface area contributed by atoms with Gasteiger partial charge in [-0.15, -0.1) is 0 Å². The lowest BCUT2D eigenvalue weighted by atomic mass is 10.0. The maximum atomic E-state index is 11.0. The van der Waals surface area contributed by atoms with Crippen molar-refractivity contribution in [2.75, 3.05) is 0 Å². The van der Waals surface area contributed by atoms with Crippen molar-refractivity contribution in [1.29, 1.82) is 0 Å². The van der Waals surface area contributed by atoms with Crippen LogP contribution in [0.25, 0.3) is 0 Å². The van der Waals surface area contributed by atoms with Gasteiger partial charge in [-0.1, -0.05) is 15.9 Å². The minimum atomic E-state index is -0.606. The fraction of sp³-hybridized carbons (Fsp3) is 0.222. The van der Waals surface area contributed by atoms with Crippen LogP contribution in [0.15, 0.2) is 10.5 Å². The highest BCUT2D eigenvalue weighted by Gasteiger charge is 2.15. The van der Waals surface area contributed by atoms with Crippen molar-refractivity contribution in [1.82, 2.24) is 0 Å². The van der Waals surface area contributed by atoms with Gasteiger partial charge in [-0.05, 0) is 25.5 Å². The van der Waals surface area contributed by atoms with E-state index in [4.69, 9.17) is 5.73 Å². The molecule has 0 aliphatic carbocycles. The summed E-state index contributed by atoms with van der Waals surface area (Å²) >= 11 is 3.27. The predicted molar refractivity (Wildman–Crippen MR) is 53.8 cm³/mol. The number of carbonyl (C=O) groups excluding carboxylic acids is 1. The molecule has 1 aromatic carbocycles. The van der Waals surface area contributed by atoms with Gasteiger partial charge >= 0.3 is 0 Å². The van der Waals surface area contributed by atoms with Crippen LogP contribution in [-0.2, 0) is 0 Å². The van der Waals surface area contributed by atoms with Crippen LogP contribution in [0.3, 0.4) is 0 Å². The van der Waals surface area contributed by atoms with Crippen LogP contribution in [0.4, 0.5) is 0 Å². The van der Waals surface area contributed by atoms with Gasteiger partial charge in [-0.25, -0.2) is 0 Å². The lowest BCUT2D eigenvalue weighted by Crippen LogP contribution is -2.13. The van der Waals surface area contributed by atoms with E-state index in [0.29, 0.717) is 11.1 Å². The molecule has 0 radical (unpaired) electrons. The fourth-order valence-corrected chi connectivity index (χ4v) is 1.70. The number of nitrogens with two attached hydrogens (primary N) is 1. The van der Waals surface area contributed by atoms with Crippen molar-refractivity contribution in [2.45, 2.75) is 13.8 Å². The van der Waals surface area contributed by atoms with E-state index in [2.05, 4.69) is 15.9 Å². The van der Waals surface area contributed by atoms with Gasteiger partial charge in [0.1, 0.15) is 5.75 Å². The molecule has 0 bridgehead atoms. The maximum Gasteiger partial charge on any atom is 0.252 e. The van der Waals surface area contributed by atoms with E-state index >= 15 is 0 Å². The molecule has 13 heavy (non-hydrogen) atoms. The summed E-state index contributed by atoms with van der Waals surface area (Å²) in [4.78, 5) is 11.0. The zero-order valence-electron chi connectivity index (χ0n) is 7.39. The van der Waals surface area contributed by atoms with Crippen LogP contribution in [0, 0.1) is 13.8 Å². The Kier molecular flexibility index (Phi) is 2.61. The van der Waals surface area contributed by atoms with Crippen molar-refractivity contribution >= 4 is 21.8 Å². The second-order valence-corrected chi connectivity index (χ2v) is 3.74. The fourth-order valence-electron chi connectivity index (χ4n) is 1.17. The molecule has 0 saturated heterocycles. The van der Waals surface area contributed by atoms with Gasteiger partial charge in [0.25, 0.3) is 5.91 Å². The molecular formula is C9H10BrNO2. The van der Waals surface area contributed by atoms with Gasteiger partial charge in [-0.3, -0.25) is 4.79 Å². The molecule has 0 atom stereocenters. The third kappa shape index (κ3) is 1.67. The molecule has 0 aliphatic heterocycles. The quantitative estimate of drug-likeness (QED) is 0.792. The van der Waals surface area contributed by atoms with Crippen molar-refractivity contribution in [3.63, 3.8) is 0 Å². The van der Waals surface area contributed by atoms with Crippen molar-refractivity contribution in [2.24, 2.45) is 5.73 Å². The number of benzene rings is 1. The van der Waals surface area contributed by atoms with Crippen molar-refractivity contribution in [3.05, 3.63) is 27.2 Å². The Hall–Kier alpha value is -1.03. The van der Waals surface area contributed by atoms with Gasteiger partial charge in [0.15, 0.2) is 0 Å². The van der Waals surface area contributed by atoms with Crippen LogP contribution in [0.1, 0.15) is 21.5 Å². The van der Waals surface area contributed by atoms with Gasteiger partial charge in [0.05, 0.1) is 5.56 Å². The Morgan fingerprint density at radius 3 is 2.54 bits per heavy atom. The summed E-state index contributed by atoms with van der Waals surface area (Å²) in [7, 11) is 0. The second-order valence-electron chi connectivity index (χ2n) is 2.89. The molecule has 1 rings (SSSR count). The van der Waals surface area contributed by atoms with E-state index in [-0.39, 0.29) is 11.3 Å². The molecule has 0 saturated carbocycles. The normalized spacial score (nSPS) is 10.1. The number of aryl methyl sites for hydroxylation is 1. The smallest absolute Gasteiger partial charge is 0.252 e. The average molecular weight is 244 g/mol. The first-order valence-electron chi connectivity index (χ1n) is 3.73. The van der Waals surface area contributed by atoms with E-state index in [1.165, 1.54) is 0 Å². The van der Waals surface area contributed by atoms with Crippen LogP contribution in [-0.4, -0.2) is 11.0 Å². The highest BCUT2D eigenvalue weighted by atomic mass is 79.9. The first-order valence-corrected chi connectivity index (χ1v) is 4.53. The summed E-state index contributed by atoms with van der Waals surface area (Å²) in [5, 5.41) is 9.60. The summed E-state index contributed by atoms with van der Waals surface area (Å²) in [6.07, 6.45) is 0. The number of aromatic hydroxyl groups is 1. The molecule has 1 aromatic rings. The molecular weight excluding hydrogens is 234 g/mol. The van der Waals surface area contributed by atoms with E-state index < -0.39 is 5.91 Å². The van der Waals surface area contributed by atoms with Crippen LogP contribution >= 0.6 is 15.9 Å². The lowest BCUT2D eigenvalue weighted by molar-refractivity contribution is 0.0997. The van der Waals surface area contributed by atoms with E-state index in [1.54, 1.807) is 19.9 Å². The molecule has 3 nitrogen and oxygen atoms in total. The number of halogens is 1. The summed E-state index contributed by atoms with van der Waals surface area (Å²) in [6.45, 7) is 3.44. The van der Waals surface area contributed by atoms with Crippen molar-refractivity contribution in [3.8, 4) is 5.75 Å². The standard InChI is InChI=1S/C9H10BrNO2/c1-4-3-6(10)5(2)8(12)7(4)9(11)13/h3,12H,1-2H3,(H2,11,13). The first-order chi connectivity index (χ1) is 5.95. The van der Waals surface area contributed by atoms with E-state index in [9.17, 15) is 9.90 Å². The zero-order chi connectivity index (χ0) is 10.2. The second kappa shape index (κ2) is 3.38. The first kappa shape index (κ1) is 10.1. The Morgan fingerprint density at radius 2 is 2.08 bits per heavy atom. The molecule has 0 aromatic heterocycles. The van der Waals surface area contributed by atoms with Gasteiger partial charge in [0, 0.05) is 10.0 Å². The van der Waals surface area contributed by atoms with Crippen molar-refractivity contribution < 1.29 is 9.90 Å². The number of primary amides is 1. The highest BCUT2D eigenvalue weighted by Crippen LogP contribution is 2.31. The summed E-state index contributed by atoms with van der Waals surface area (Å²) in [6, 6.07) is 1.76. The Balaban J connectivity index is 3.53. The van der Waals surface area contributed by atoms with Gasteiger partial charge < -0.3 is 10.8 Å². The third-order valence-corrected chi connectivity index (χ3v) is 2.76. The molecule has 0 spiro atoms. The highest BCUT2D eigenvalue weighted by molar-refractivity contribution is 9.10. The number of phenols is 1. The Bertz CT molecular complexity index is 374. The molecule has 4 heteroatoms. The number of carbonyl (C=O) groups is 1. The van der Waals surface area contributed by atoms with Gasteiger partial charge in [0.2, 0.25) is 0 Å². The van der Waals surface area contributed by atoms with Crippen LogP contribution in [0.2, 0.25) is 0 Å². The van der Waals surface area contributed by atoms with Crippen LogP contribution in [0.5, 0.6) is 5.75 Å². The number of amides is 1. The lowest BCUT2D eigenvalue weighted by Gasteiger charge is -2.09. The molecule has 1 amide bonds. The minimum absolute atomic E-state index is 0.0422. The summed E-state index contributed by atoms with van der Waals surface area (Å²) in [5.74, 6) is -0.648. The topological polar surface area (TPSA) is 63.3 Å². The molecule has 0 heterocycles. The Labute approximate surface area is 84.7 Å². The number of rotatable bonds is 1.